The molecular weight excluding hydrogens is 368 g/mol. The third-order valence-corrected chi connectivity index (χ3v) is 4.51. The van der Waals surface area contributed by atoms with Gasteiger partial charge in [0, 0.05) is 23.9 Å². The summed E-state index contributed by atoms with van der Waals surface area (Å²) in [6.45, 7) is 3.80. The van der Waals surface area contributed by atoms with E-state index in [-0.39, 0.29) is 17.6 Å². The number of hydrogen-bond donors (Lipinski definition) is 2. The summed E-state index contributed by atoms with van der Waals surface area (Å²) in [6, 6.07) is 17.8. The standard InChI is InChI=1S/C23H22N2O4/c1-15-14-20(26)29-16(2)21(15)23(28)25-19-10-8-18(9-11-19)22(27)24-13-12-17-6-4-3-5-7-17/h3-11,14H,12-13H2,1-2H3,(H,24,27)(H,25,28). The molecule has 2 aromatic carbocycles. The van der Waals surface area contributed by atoms with E-state index in [2.05, 4.69) is 10.6 Å². The zero-order valence-electron chi connectivity index (χ0n) is 16.3. The van der Waals surface area contributed by atoms with E-state index >= 15 is 0 Å². The molecule has 0 aliphatic carbocycles. The van der Waals surface area contributed by atoms with Gasteiger partial charge in [0.25, 0.3) is 11.8 Å². The lowest BCUT2D eigenvalue weighted by Gasteiger charge is -2.10. The van der Waals surface area contributed by atoms with Gasteiger partial charge in [-0.1, -0.05) is 30.3 Å². The summed E-state index contributed by atoms with van der Waals surface area (Å²) < 4.78 is 5.00. The van der Waals surface area contributed by atoms with Crippen molar-refractivity contribution >= 4 is 17.5 Å². The van der Waals surface area contributed by atoms with Gasteiger partial charge in [0.15, 0.2) is 0 Å². The van der Waals surface area contributed by atoms with Gasteiger partial charge < -0.3 is 15.1 Å². The summed E-state index contributed by atoms with van der Waals surface area (Å²) in [5.74, 6) is -0.277. The highest BCUT2D eigenvalue weighted by atomic mass is 16.4. The quantitative estimate of drug-likeness (QED) is 0.674. The monoisotopic (exact) mass is 390 g/mol. The van der Waals surface area contributed by atoms with E-state index in [9.17, 15) is 14.4 Å². The SMILES string of the molecule is Cc1cc(=O)oc(C)c1C(=O)Nc1ccc(C(=O)NCCc2ccccc2)cc1. The molecule has 29 heavy (non-hydrogen) atoms. The Morgan fingerprint density at radius 2 is 1.62 bits per heavy atom. The smallest absolute Gasteiger partial charge is 0.336 e. The number of hydrogen-bond acceptors (Lipinski definition) is 4. The number of amides is 2. The van der Waals surface area contributed by atoms with Crippen molar-refractivity contribution in [2.24, 2.45) is 0 Å². The third-order valence-electron chi connectivity index (χ3n) is 4.51. The van der Waals surface area contributed by atoms with Gasteiger partial charge >= 0.3 is 5.63 Å². The first-order valence-corrected chi connectivity index (χ1v) is 9.29. The van der Waals surface area contributed by atoms with Gasteiger partial charge in [-0.05, 0) is 55.7 Å². The Morgan fingerprint density at radius 3 is 2.28 bits per heavy atom. The second-order valence-corrected chi connectivity index (χ2v) is 6.70. The Hall–Kier alpha value is -3.67. The molecule has 0 unspecified atom stereocenters. The minimum absolute atomic E-state index is 0.171. The van der Waals surface area contributed by atoms with Gasteiger partial charge in [-0.25, -0.2) is 4.79 Å². The fourth-order valence-electron chi connectivity index (χ4n) is 3.06. The Morgan fingerprint density at radius 1 is 0.931 bits per heavy atom. The van der Waals surface area contributed by atoms with Crippen LogP contribution in [0.3, 0.4) is 0 Å². The van der Waals surface area contributed by atoms with Crippen molar-refractivity contribution in [3.05, 3.63) is 99.1 Å². The molecule has 0 atom stereocenters. The second kappa shape index (κ2) is 9.01. The minimum atomic E-state index is -0.487. The molecular formula is C23H22N2O4. The van der Waals surface area contributed by atoms with E-state index in [1.54, 1.807) is 38.1 Å². The summed E-state index contributed by atoms with van der Waals surface area (Å²) in [7, 11) is 0. The number of anilines is 1. The zero-order chi connectivity index (χ0) is 20.8. The van der Waals surface area contributed by atoms with Crippen molar-refractivity contribution in [3.63, 3.8) is 0 Å². The number of benzene rings is 2. The summed E-state index contributed by atoms with van der Waals surface area (Å²) in [5.41, 5.74) is 2.60. The highest BCUT2D eigenvalue weighted by Crippen LogP contribution is 2.15. The van der Waals surface area contributed by atoms with E-state index in [0.717, 1.165) is 12.0 Å². The minimum Gasteiger partial charge on any atom is -0.427 e. The first-order chi connectivity index (χ1) is 13.9. The fraction of sp³-hybridized carbons (Fsp3) is 0.174. The zero-order valence-corrected chi connectivity index (χ0v) is 16.3. The number of carbonyl (C=O) groups excluding carboxylic acids is 2. The van der Waals surface area contributed by atoms with Gasteiger partial charge in [0.1, 0.15) is 5.76 Å². The van der Waals surface area contributed by atoms with Crippen molar-refractivity contribution in [3.8, 4) is 0 Å². The summed E-state index contributed by atoms with van der Waals surface area (Å²) in [6.07, 6.45) is 0.757. The maximum atomic E-state index is 12.5. The molecule has 2 amide bonds. The van der Waals surface area contributed by atoms with Crippen LogP contribution < -0.4 is 16.3 Å². The van der Waals surface area contributed by atoms with Crippen LogP contribution in [-0.2, 0) is 6.42 Å². The lowest BCUT2D eigenvalue weighted by molar-refractivity contribution is 0.0953. The highest BCUT2D eigenvalue weighted by Gasteiger charge is 2.15. The van der Waals surface area contributed by atoms with Gasteiger partial charge in [0.2, 0.25) is 0 Å². The summed E-state index contributed by atoms with van der Waals surface area (Å²) in [4.78, 5) is 36.1. The average molecular weight is 390 g/mol. The summed E-state index contributed by atoms with van der Waals surface area (Å²) >= 11 is 0. The molecule has 0 saturated carbocycles. The Kier molecular flexibility index (Phi) is 6.24. The Bertz CT molecular complexity index is 1040. The van der Waals surface area contributed by atoms with Gasteiger partial charge in [-0.2, -0.15) is 0 Å². The molecule has 6 heteroatoms. The Balaban J connectivity index is 1.59. The van der Waals surface area contributed by atoms with Crippen molar-refractivity contribution in [1.29, 1.82) is 0 Å². The van der Waals surface area contributed by atoms with Gasteiger partial charge in [-0.15, -0.1) is 0 Å². The van der Waals surface area contributed by atoms with Crippen LogP contribution in [0.4, 0.5) is 5.69 Å². The lowest BCUT2D eigenvalue weighted by Crippen LogP contribution is -2.25. The largest absolute Gasteiger partial charge is 0.427 e. The van der Waals surface area contributed by atoms with Crippen LogP contribution in [0.1, 0.15) is 37.6 Å². The molecule has 0 radical (unpaired) electrons. The Labute approximate surface area is 168 Å². The molecule has 0 aliphatic rings. The molecule has 1 heterocycles. The second-order valence-electron chi connectivity index (χ2n) is 6.70. The third kappa shape index (κ3) is 5.19. The van der Waals surface area contributed by atoms with Crippen LogP contribution >= 0.6 is 0 Å². The first kappa shape index (κ1) is 20.1. The van der Waals surface area contributed by atoms with Crippen molar-refractivity contribution in [2.45, 2.75) is 20.3 Å². The van der Waals surface area contributed by atoms with Crippen LogP contribution in [0.25, 0.3) is 0 Å². The van der Waals surface area contributed by atoms with Crippen LogP contribution in [0, 0.1) is 13.8 Å². The molecule has 6 nitrogen and oxygen atoms in total. The van der Waals surface area contributed by atoms with Crippen molar-refractivity contribution in [1.82, 2.24) is 5.32 Å². The van der Waals surface area contributed by atoms with E-state index in [1.807, 2.05) is 30.3 Å². The fourth-order valence-corrected chi connectivity index (χ4v) is 3.06. The number of aryl methyl sites for hydroxylation is 2. The normalized spacial score (nSPS) is 10.4. The molecule has 3 rings (SSSR count). The maximum Gasteiger partial charge on any atom is 0.336 e. The lowest BCUT2D eigenvalue weighted by atomic mass is 10.1. The molecule has 2 N–H and O–H groups in total. The van der Waals surface area contributed by atoms with Crippen LogP contribution in [0.15, 0.2) is 69.9 Å². The van der Waals surface area contributed by atoms with Crippen LogP contribution in [-0.4, -0.2) is 18.4 Å². The molecule has 0 aliphatic heterocycles. The maximum absolute atomic E-state index is 12.5. The van der Waals surface area contributed by atoms with E-state index < -0.39 is 5.63 Å². The van der Waals surface area contributed by atoms with Crippen molar-refractivity contribution < 1.29 is 14.0 Å². The molecule has 148 valence electrons. The van der Waals surface area contributed by atoms with Gasteiger partial charge in [-0.3, -0.25) is 9.59 Å². The molecule has 0 bridgehead atoms. The van der Waals surface area contributed by atoms with Crippen molar-refractivity contribution in [2.75, 3.05) is 11.9 Å². The van der Waals surface area contributed by atoms with E-state index in [1.165, 1.54) is 6.07 Å². The van der Waals surface area contributed by atoms with Gasteiger partial charge in [0.05, 0.1) is 5.56 Å². The molecule has 0 saturated heterocycles. The molecule has 0 spiro atoms. The molecule has 0 fully saturated rings. The number of carbonyl (C=O) groups is 2. The average Bonchev–Trinajstić information content (AvgIpc) is 2.68. The first-order valence-electron chi connectivity index (χ1n) is 9.29. The topological polar surface area (TPSA) is 88.4 Å². The predicted octanol–water partition coefficient (Wildman–Crippen LogP) is 3.48. The van der Waals surface area contributed by atoms with E-state index in [4.69, 9.17) is 4.42 Å². The number of rotatable bonds is 6. The number of nitrogens with one attached hydrogen (secondary N) is 2. The molecule has 1 aromatic heterocycles. The highest BCUT2D eigenvalue weighted by molar-refractivity contribution is 6.06. The van der Waals surface area contributed by atoms with E-state index in [0.29, 0.717) is 28.9 Å². The van der Waals surface area contributed by atoms with Crippen LogP contribution in [0.5, 0.6) is 0 Å². The molecule has 3 aromatic rings. The predicted molar refractivity (Wildman–Crippen MR) is 111 cm³/mol. The summed E-state index contributed by atoms with van der Waals surface area (Å²) in [5, 5.41) is 5.64. The van der Waals surface area contributed by atoms with Crippen LogP contribution in [0.2, 0.25) is 0 Å².